The van der Waals surface area contributed by atoms with Crippen LogP contribution in [0.25, 0.3) is 6.08 Å². The van der Waals surface area contributed by atoms with Crippen molar-refractivity contribution in [3.05, 3.63) is 70.3 Å². The van der Waals surface area contributed by atoms with Crippen molar-refractivity contribution in [2.24, 2.45) is 0 Å². The third kappa shape index (κ3) is 5.84. The zero-order chi connectivity index (χ0) is 22.6. The Kier molecular flexibility index (Phi) is 7.28. The Morgan fingerprint density at radius 2 is 1.53 bits per heavy atom. The monoisotopic (exact) mass is 434 g/mol. The summed E-state index contributed by atoms with van der Waals surface area (Å²) in [5, 5.41) is 0. The lowest BCUT2D eigenvalue weighted by Crippen LogP contribution is -2.14. The Bertz CT molecular complexity index is 918. The fraction of sp³-hybridized carbons (Fsp3) is 0.286. The van der Waals surface area contributed by atoms with E-state index in [0.29, 0.717) is 24.1 Å². The molecule has 0 saturated carbocycles. The average Bonchev–Trinajstić information content (AvgIpc) is 2.59. The van der Waals surface area contributed by atoms with Crippen LogP contribution < -0.4 is 4.74 Å². The number of benzene rings is 2. The summed E-state index contributed by atoms with van der Waals surface area (Å²) in [6.07, 6.45) is -3.55. The molecule has 0 bridgehead atoms. The first-order valence-electron chi connectivity index (χ1n) is 8.89. The molecule has 2 rings (SSSR count). The maximum absolute atomic E-state index is 14.3. The zero-order valence-electron chi connectivity index (χ0n) is 15.9. The number of carbonyl (C=O) groups is 1. The van der Waals surface area contributed by atoms with E-state index in [1.807, 2.05) is 6.92 Å². The largest absolute Gasteiger partial charge is 0.423 e. The van der Waals surface area contributed by atoms with Crippen molar-refractivity contribution in [2.45, 2.75) is 38.8 Å². The number of halogens is 7. The van der Waals surface area contributed by atoms with Crippen LogP contribution in [-0.4, -0.2) is 12.1 Å². The van der Waals surface area contributed by atoms with Gasteiger partial charge in [-0.2, -0.15) is 13.2 Å². The molecule has 1 atom stereocenters. The lowest BCUT2D eigenvalue weighted by atomic mass is 9.95. The number of carbonyl (C=O) groups excluding carboxylic acids is 1. The van der Waals surface area contributed by atoms with Gasteiger partial charge in [0.1, 0.15) is 34.6 Å². The van der Waals surface area contributed by atoms with Crippen LogP contribution in [-0.2, 0) is 0 Å². The first kappa shape index (κ1) is 23.4. The highest BCUT2D eigenvalue weighted by Crippen LogP contribution is 2.28. The van der Waals surface area contributed by atoms with Crippen molar-refractivity contribution in [1.29, 1.82) is 0 Å². The third-order valence-electron chi connectivity index (χ3n) is 4.26. The molecule has 0 radical (unpaired) electrons. The van der Waals surface area contributed by atoms with E-state index in [4.69, 9.17) is 0 Å². The Hall–Kier alpha value is -2.84. The van der Waals surface area contributed by atoms with Gasteiger partial charge in [0, 0.05) is 23.8 Å². The molecule has 1 unspecified atom stereocenters. The summed E-state index contributed by atoms with van der Waals surface area (Å²) in [5.41, 5.74) is -1.73. The Morgan fingerprint density at radius 3 is 2.00 bits per heavy atom. The number of ether oxygens (including phenoxy) is 1. The number of esters is 1. The molecular weight excluding hydrogens is 417 g/mol. The first-order valence-corrected chi connectivity index (χ1v) is 8.89. The van der Waals surface area contributed by atoms with Crippen LogP contribution in [0.5, 0.6) is 5.75 Å². The summed E-state index contributed by atoms with van der Waals surface area (Å²) >= 11 is 0. The second-order valence-corrected chi connectivity index (χ2v) is 6.61. The SMILES string of the molecule is CCCC(C)c1cc(F)c(C(=O)Oc2cc(F)c(/C=C/C(F)(F)F)c(F)c2)c(F)c1. The predicted octanol–water partition coefficient (Wildman–Crippen LogP) is 6.94. The molecule has 2 aromatic carbocycles. The molecule has 30 heavy (non-hydrogen) atoms. The molecule has 0 saturated heterocycles. The van der Waals surface area contributed by atoms with Gasteiger partial charge in [-0.25, -0.2) is 22.4 Å². The Morgan fingerprint density at radius 1 is 1.00 bits per heavy atom. The summed E-state index contributed by atoms with van der Waals surface area (Å²) in [6, 6.07) is 2.83. The predicted molar refractivity (Wildman–Crippen MR) is 96.1 cm³/mol. The smallest absolute Gasteiger partial charge is 0.409 e. The first-order chi connectivity index (χ1) is 13.9. The van der Waals surface area contributed by atoms with Gasteiger partial charge in [0.25, 0.3) is 0 Å². The summed E-state index contributed by atoms with van der Waals surface area (Å²) in [5.74, 6) is -7.79. The molecule has 2 aromatic rings. The van der Waals surface area contributed by atoms with E-state index in [1.54, 1.807) is 6.92 Å². The van der Waals surface area contributed by atoms with E-state index in [0.717, 1.165) is 18.6 Å². The van der Waals surface area contributed by atoms with Crippen molar-refractivity contribution in [1.82, 2.24) is 0 Å². The van der Waals surface area contributed by atoms with Crippen LogP contribution in [0.15, 0.2) is 30.3 Å². The van der Waals surface area contributed by atoms with Crippen LogP contribution >= 0.6 is 0 Å². The minimum atomic E-state index is -4.79. The molecule has 0 spiro atoms. The minimum absolute atomic E-state index is 0.162. The molecule has 0 aromatic heterocycles. The number of rotatable bonds is 6. The quantitative estimate of drug-likeness (QED) is 0.280. The molecule has 0 heterocycles. The Labute approximate surface area is 168 Å². The highest BCUT2D eigenvalue weighted by molar-refractivity contribution is 5.91. The normalized spacial score (nSPS) is 13.0. The summed E-state index contributed by atoms with van der Waals surface area (Å²) in [7, 11) is 0. The van der Waals surface area contributed by atoms with Crippen molar-refractivity contribution >= 4 is 12.0 Å². The fourth-order valence-electron chi connectivity index (χ4n) is 2.79. The van der Waals surface area contributed by atoms with Gasteiger partial charge in [-0.1, -0.05) is 20.3 Å². The molecule has 2 nitrogen and oxygen atoms in total. The minimum Gasteiger partial charge on any atom is -0.423 e. The van der Waals surface area contributed by atoms with Crippen LogP contribution in [0, 0.1) is 23.3 Å². The van der Waals surface area contributed by atoms with Gasteiger partial charge >= 0.3 is 12.1 Å². The third-order valence-corrected chi connectivity index (χ3v) is 4.26. The van der Waals surface area contributed by atoms with Gasteiger partial charge in [-0.05, 0) is 36.1 Å². The van der Waals surface area contributed by atoms with E-state index < -0.39 is 52.3 Å². The molecule has 162 valence electrons. The lowest BCUT2D eigenvalue weighted by molar-refractivity contribution is -0.0790. The van der Waals surface area contributed by atoms with Gasteiger partial charge < -0.3 is 4.74 Å². The van der Waals surface area contributed by atoms with E-state index in [2.05, 4.69) is 4.74 Å². The standard InChI is InChI=1S/C21H17F7O2/c1-3-4-11(2)12-7-17(24)19(18(25)8-12)20(29)30-13-9-15(22)14(16(23)10-13)5-6-21(26,27)28/h5-11H,3-4H2,1-2H3/b6-5+. The maximum Gasteiger partial charge on any atom is 0.409 e. The maximum atomic E-state index is 14.3. The van der Waals surface area contributed by atoms with Gasteiger partial charge in [0.2, 0.25) is 0 Å². The van der Waals surface area contributed by atoms with E-state index in [9.17, 15) is 35.5 Å². The topological polar surface area (TPSA) is 26.3 Å². The van der Waals surface area contributed by atoms with E-state index in [-0.39, 0.29) is 18.1 Å². The van der Waals surface area contributed by atoms with E-state index >= 15 is 0 Å². The van der Waals surface area contributed by atoms with Gasteiger partial charge in [-0.3, -0.25) is 0 Å². The van der Waals surface area contributed by atoms with Crippen LogP contribution in [0.1, 0.15) is 54.1 Å². The van der Waals surface area contributed by atoms with Gasteiger partial charge in [0.05, 0.1) is 0 Å². The number of alkyl halides is 3. The molecule has 0 aliphatic rings. The van der Waals surface area contributed by atoms with Gasteiger partial charge in [-0.15, -0.1) is 0 Å². The summed E-state index contributed by atoms with van der Waals surface area (Å²) in [6.45, 7) is 3.66. The fourth-order valence-corrected chi connectivity index (χ4v) is 2.79. The molecule has 0 aliphatic carbocycles. The average molecular weight is 434 g/mol. The number of hydrogen-bond acceptors (Lipinski definition) is 2. The molecule has 0 fully saturated rings. The van der Waals surface area contributed by atoms with Crippen molar-refractivity contribution in [2.75, 3.05) is 0 Å². The number of allylic oxidation sites excluding steroid dienone is 1. The van der Waals surface area contributed by atoms with Crippen molar-refractivity contribution in [3.8, 4) is 5.75 Å². The van der Waals surface area contributed by atoms with E-state index in [1.165, 1.54) is 0 Å². The summed E-state index contributed by atoms with van der Waals surface area (Å²) < 4.78 is 97.5. The molecular formula is C21H17F7O2. The molecule has 0 amide bonds. The molecule has 0 aliphatic heterocycles. The summed E-state index contributed by atoms with van der Waals surface area (Å²) in [4.78, 5) is 12.1. The van der Waals surface area contributed by atoms with Gasteiger partial charge in [0.15, 0.2) is 0 Å². The lowest BCUT2D eigenvalue weighted by Gasteiger charge is -2.13. The Balaban J connectivity index is 2.29. The zero-order valence-corrected chi connectivity index (χ0v) is 15.9. The van der Waals surface area contributed by atoms with Crippen LogP contribution in [0.4, 0.5) is 30.7 Å². The van der Waals surface area contributed by atoms with Crippen LogP contribution in [0.2, 0.25) is 0 Å². The second kappa shape index (κ2) is 9.32. The highest BCUT2D eigenvalue weighted by atomic mass is 19.4. The van der Waals surface area contributed by atoms with Crippen molar-refractivity contribution in [3.63, 3.8) is 0 Å². The number of hydrogen-bond donors (Lipinski definition) is 0. The van der Waals surface area contributed by atoms with Crippen molar-refractivity contribution < 1.29 is 40.3 Å². The highest BCUT2D eigenvalue weighted by Gasteiger charge is 2.25. The molecule has 9 heteroatoms. The molecule has 0 N–H and O–H groups in total. The second-order valence-electron chi connectivity index (χ2n) is 6.61. The van der Waals surface area contributed by atoms with Crippen LogP contribution in [0.3, 0.4) is 0 Å².